The van der Waals surface area contributed by atoms with Crippen LogP contribution in [-0.4, -0.2) is 5.11 Å². The third-order valence-corrected chi connectivity index (χ3v) is 4.56. The monoisotopic (exact) mass is 378 g/mol. The molecule has 0 aliphatic rings. The van der Waals surface area contributed by atoms with Crippen molar-refractivity contribution in [2.45, 2.75) is 12.5 Å². The van der Waals surface area contributed by atoms with Crippen LogP contribution in [0, 0.1) is 0 Å². The molecular formula is C14H10BrCl3O. The molecule has 100 valence electrons. The molecule has 5 heteroatoms. The lowest BCUT2D eigenvalue weighted by atomic mass is 9.88. The lowest BCUT2D eigenvalue weighted by Crippen LogP contribution is -2.23. The first kappa shape index (κ1) is 15.1. The number of aliphatic hydroxyl groups is 1. The van der Waals surface area contributed by atoms with Crippen molar-refractivity contribution in [1.82, 2.24) is 0 Å². The Bertz CT molecular complexity index is 626. The van der Waals surface area contributed by atoms with Gasteiger partial charge in [-0.2, -0.15) is 0 Å². The standard InChI is InChI=1S/C14H10BrCl3O/c1-14(19,9-6-5-8(15)7-12(9)17)10-3-2-4-11(16)13(10)18/h2-7,19H,1H3. The van der Waals surface area contributed by atoms with E-state index in [-0.39, 0.29) is 0 Å². The lowest BCUT2D eigenvalue weighted by Gasteiger charge is -2.27. The van der Waals surface area contributed by atoms with E-state index in [1.54, 1.807) is 37.3 Å². The minimum atomic E-state index is -1.32. The summed E-state index contributed by atoms with van der Waals surface area (Å²) >= 11 is 21.7. The van der Waals surface area contributed by atoms with Crippen molar-refractivity contribution >= 4 is 50.7 Å². The van der Waals surface area contributed by atoms with Crippen LogP contribution in [0.25, 0.3) is 0 Å². The molecule has 0 fully saturated rings. The maximum Gasteiger partial charge on any atom is 0.115 e. The first-order chi connectivity index (χ1) is 8.84. The second-order valence-corrected chi connectivity index (χ2v) is 6.41. The molecule has 1 nitrogen and oxygen atoms in total. The summed E-state index contributed by atoms with van der Waals surface area (Å²) in [6.45, 7) is 1.64. The summed E-state index contributed by atoms with van der Waals surface area (Å²) in [7, 11) is 0. The van der Waals surface area contributed by atoms with Gasteiger partial charge in [-0.15, -0.1) is 0 Å². The average molecular weight is 380 g/mol. The molecule has 2 aromatic rings. The summed E-state index contributed by atoms with van der Waals surface area (Å²) in [5.41, 5.74) is -0.229. The molecule has 0 radical (unpaired) electrons. The van der Waals surface area contributed by atoms with Crippen LogP contribution in [0.15, 0.2) is 40.9 Å². The molecule has 1 atom stereocenters. The molecule has 0 amide bonds. The Balaban J connectivity index is 2.61. The van der Waals surface area contributed by atoms with Crippen LogP contribution >= 0.6 is 50.7 Å². The van der Waals surface area contributed by atoms with Crippen molar-refractivity contribution in [1.29, 1.82) is 0 Å². The van der Waals surface area contributed by atoms with Crippen LogP contribution in [0.1, 0.15) is 18.1 Å². The Kier molecular flexibility index (Phi) is 4.49. The highest BCUT2D eigenvalue weighted by molar-refractivity contribution is 9.10. The van der Waals surface area contributed by atoms with Gasteiger partial charge in [0.25, 0.3) is 0 Å². The average Bonchev–Trinajstić information content (AvgIpc) is 2.31. The van der Waals surface area contributed by atoms with Gasteiger partial charge in [0.2, 0.25) is 0 Å². The summed E-state index contributed by atoms with van der Waals surface area (Å²) in [6, 6.07) is 10.4. The normalized spacial score (nSPS) is 14.2. The molecule has 0 saturated heterocycles. The number of hydrogen-bond acceptors (Lipinski definition) is 1. The van der Waals surface area contributed by atoms with Gasteiger partial charge in [0.15, 0.2) is 0 Å². The molecule has 0 aliphatic carbocycles. The lowest BCUT2D eigenvalue weighted by molar-refractivity contribution is 0.102. The zero-order valence-electron chi connectivity index (χ0n) is 9.92. The molecule has 1 unspecified atom stereocenters. The highest BCUT2D eigenvalue weighted by atomic mass is 79.9. The minimum Gasteiger partial charge on any atom is -0.381 e. The van der Waals surface area contributed by atoms with Gasteiger partial charge in [0.1, 0.15) is 5.60 Å². The van der Waals surface area contributed by atoms with E-state index in [0.29, 0.717) is 26.2 Å². The molecule has 0 aromatic heterocycles. The quantitative estimate of drug-likeness (QED) is 0.712. The number of benzene rings is 2. The maximum absolute atomic E-state index is 10.8. The van der Waals surface area contributed by atoms with Crippen LogP contribution in [0.4, 0.5) is 0 Å². The van der Waals surface area contributed by atoms with Crippen molar-refractivity contribution in [3.05, 3.63) is 67.1 Å². The molecule has 0 bridgehead atoms. The van der Waals surface area contributed by atoms with Crippen LogP contribution in [0.5, 0.6) is 0 Å². The summed E-state index contributed by atoms with van der Waals surface area (Å²) in [5, 5.41) is 12.0. The van der Waals surface area contributed by atoms with Gasteiger partial charge in [-0.05, 0) is 25.1 Å². The molecule has 0 aliphatic heterocycles. The Morgan fingerprint density at radius 1 is 1.00 bits per heavy atom. The van der Waals surface area contributed by atoms with E-state index in [2.05, 4.69) is 15.9 Å². The Labute approximate surface area is 135 Å². The van der Waals surface area contributed by atoms with Crippen LogP contribution in [0.2, 0.25) is 15.1 Å². The van der Waals surface area contributed by atoms with Gasteiger partial charge in [-0.25, -0.2) is 0 Å². The van der Waals surface area contributed by atoms with E-state index in [1.165, 1.54) is 0 Å². The molecule has 2 aromatic carbocycles. The third-order valence-electron chi connectivity index (χ3n) is 2.93. The minimum absolute atomic E-state index is 0.327. The highest BCUT2D eigenvalue weighted by Gasteiger charge is 2.30. The largest absolute Gasteiger partial charge is 0.381 e. The predicted molar refractivity (Wildman–Crippen MR) is 84.3 cm³/mol. The number of halogens is 4. The van der Waals surface area contributed by atoms with Gasteiger partial charge in [0, 0.05) is 20.6 Å². The van der Waals surface area contributed by atoms with Crippen molar-refractivity contribution < 1.29 is 5.11 Å². The van der Waals surface area contributed by atoms with E-state index >= 15 is 0 Å². The molecule has 19 heavy (non-hydrogen) atoms. The van der Waals surface area contributed by atoms with Crippen LogP contribution in [0.3, 0.4) is 0 Å². The predicted octanol–water partition coefficient (Wildman–Crippen LogP) is 5.67. The second kappa shape index (κ2) is 5.63. The van der Waals surface area contributed by atoms with E-state index in [1.807, 2.05) is 6.07 Å². The molecule has 0 saturated carbocycles. The van der Waals surface area contributed by atoms with Crippen molar-refractivity contribution in [3.63, 3.8) is 0 Å². The van der Waals surface area contributed by atoms with Crippen LogP contribution in [-0.2, 0) is 5.60 Å². The van der Waals surface area contributed by atoms with Crippen molar-refractivity contribution in [2.24, 2.45) is 0 Å². The second-order valence-electron chi connectivity index (χ2n) is 4.30. The first-order valence-corrected chi connectivity index (χ1v) is 7.39. The molecular weight excluding hydrogens is 370 g/mol. The smallest absolute Gasteiger partial charge is 0.115 e. The van der Waals surface area contributed by atoms with Crippen LogP contribution < -0.4 is 0 Å². The van der Waals surface area contributed by atoms with Gasteiger partial charge in [-0.3, -0.25) is 0 Å². The van der Waals surface area contributed by atoms with E-state index in [4.69, 9.17) is 34.8 Å². The Morgan fingerprint density at radius 3 is 2.32 bits per heavy atom. The van der Waals surface area contributed by atoms with Gasteiger partial charge in [0.05, 0.1) is 10.0 Å². The summed E-state index contributed by atoms with van der Waals surface area (Å²) < 4.78 is 0.842. The third kappa shape index (κ3) is 2.93. The molecule has 0 heterocycles. The van der Waals surface area contributed by atoms with Crippen molar-refractivity contribution in [3.8, 4) is 0 Å². The summed E-state index contributed by atoms with van der Waals surface area (Å²) in [6.07, 6.45) is 0. The molecule has 1 N–H and O–H groups in total. The zero-order valence-corrected chi connectivity index (χ0v) is 13.8. The SMILES string of the molecule is CC(O)(c1ccc(Br)cc1Cl)c1cccc(Cl)c1Cl. The number of hydrogen-bond donors (Lipinski definition) is 1. The van der Waals surface area contributed by atoms with Gasteiger partial charge in [-0.1, -0.05) is 68.9 Å². The fraction of sp³-hybridized carbons (Fsp3) is 0.143. The summed E-state index contributed by atoms with van der Waals surface area (Å²) in [5.74, 6) is 0. The zero-order chi connectivity index (χ0) is 14.2. The summed E-state index contributed by atoms with van der Waals surface area (Å²) in [4.78, 5) is 0. The first-order valence-electron chi connectivity index (χ1n) is 5.46. The Hall–Kier alpha value is -0.250. The van der Waals surface area contributed by atoms with E-state index in [0.717, 1.165) is 4.47 Å². The van der Waals surface area contributed by atoms with Gasteiger partial charge < -0.3 is 5.11 Å². The fourth-order valence-corrected chi connectivity index (χ4v) is 3.25. The number of rotatable bonds is 2. The topological polar surface area (TPSA) is 20.2 Å². The fourth-order valence-electron chi connectivity index (χ4n) is 1.91. The maximum atomic E-state index is 10.8. The van der Waals surface area contributed by atoms with Gasteiger partial charge >= 0.3 is 0 Å². The van der Waals surface area contributed by atoms with E-state index in [9.17, 15) is 5.11 Å². The van der Waals surface area contributed by atoms with Crippen molar-refractivity contribution in [2.75, 3.05) is 0 Å². The van der Waals surface area contributed by atoms with E-state index < -0.39 is 5.60 Å². The Morgan fingerprint density at radius 2 is 1.68 bits per heavy atom. The molecule has 0 spiro atoms. The molecule has 2 rings (SSSR count). The highest BCUT2D eigenvalue weighted by Crippen LogP contribution is 2.40.